The summed E-state index contributed by atoms with van der Waals surface area (Å²) in [6, 6.07) is 16.3. The Kier molecular flexibility index (Phi) is 5.11. The summed E-state index contributed by atoms with van der Waals surface area (Å²) < 4.78 is 26.3. The molecule has 1 aromatic heterocycles. The van der Waals surface area contributed by atoms with Crippen molar-refractivity contribution in [2.75, 3.05) is 5.73 Å². The molecule has 0 saturated carbocycles. The van der Waals surface area contributed by atoms with E-state index in [0.29, 0.717) is 11.4 Å². The lowest BCUT2D eigenvalue weighted by Crippen LogP contribution is -2.04. The lowest BCUT2D eigenvalue weighted by molar-refractivity contribution is 0.627. The zero-order chi connectivity index (χ0) is 16.9. The summed E-state index contributed by atoms with van der Waals surface area (Å²) in [4.78, 5) is 4.40. The van der Waals surface area contributed by atoms with Crippen LogP contribution in [0.15, 0.2) is 66.9 Å². The zero-order valence-corrected chi connectivity index (χ0v) is 13.6. The number of pyridine rings is 1. The van der Waals surface area contributed by atoms with Crippen molar-refractivity contribution in [1.82, 2.24) is 4.98 Å². The van der Waals surface area contributed by atoms with Gasteiger partial charge in [0.15, 0.2) is 0 Å². The molecule has 1 atom stereocenters. The first-order valence-corrected chi connectivity index (χ1v) is 8.50. The van der Waals surface area contributed by atoms with Gasteiger partial charge < -0.3 is 5.73 Å². The van der Waals surface area contributed by atoms with Gasteiger partial charge in [-0.25, -0.2) is 8.78 Å². The predicted molar refractivity (Wildman–Crippen MR) is 94.6 cm³/mol. The van der Waals surface area contributed by atoms with Gasteiger partial charge in [-0.1, -0.05) is 24.3 Å². The summed E-state index contributed by atoms with van der Waals surface area (Å²) in [5.41, 5.74) is 9.35. The molecule has 2 N–H and O–H groups in total. The van der Waals surface area contributed by atoms with Crippen molar-refractivity contribution in [3.63, 3.8) is 0 Å². The molecule has 0 aliphatic heterocycles. The molecule has 1 heterocycles. The van der Waals surface area contributed by atoms with Crippen molar-refractivity contribution in [1.29, 1.82) is 0 Å². The van der Waals surface area contributed by atoms with E-state index in [1.165, 1.54) is 24.3 Å². The van der Waals surface area contributed by atoms with Crippen LogP contribution in [-0.2, 0) is 5.75 Å². The number of nitrogen functional groups attached to an aromatic ring is 1. The molecule has 5 heteroatoms. The number of thioether (sulfide) groups is 1. The van der Waals surface area contributed by atoms with Gasteiger partial charge in [-0.2, -0.15) is 0 Å². The Labute approximate surface area is 143 Å². The van der Waals surface area contributed by atoms with Crippen LogP contribution >= 0.6 is 11.8 Å². The number of aromatic nitrogens is 1. The standard InChI is InChI=1S/C19H16F2N2S/c20-15-7-3-13(4-8-15)12-24-19(14-5-9-16(21)10-6-14)18-17(22)2-1-11-23-18/h1-11,19H,12,22H2. The van der Waals surface area contributed by atoms with Gasteiger partial charge in [0, 0.05) is 11.9 Å². The number of nitrogens with two attached hydrogens (primary N) is 1. The van der Waals surface area contributed by atoms with Gasteiger partial charge in [0.2, 0.25) is 0 Å². The minimum absolute atomic E-state index is 0.128. The van der Waals surface area contributed by atoms with Crippen LogP contribution in [0.25, 0.3) is 0 Å². The topological polar surface area (TPSA) is 38.9 Å². The summed E-state index contributed by atoms with van der Waals surface area (Å²) in [6.45, 7) is 0. The maximum Gasteiger partial charge on any atom is 0.123 e. The van der Waals surface area contributed by atoms with Crippen LogP contribution in [-0.4, -0.2) is 4.98 Å². The van der Waals surface area contributed by atoms with E-state index in [2.05, 4.69) is 4.98 Å². The first kappa shape index (κ1) is 16.5. The molecule has 0 radical (unpaired) electrons. The number of hydrogen-bond donors (Lipinski definition) is 1. The molecule has 3 aromatic rings. The summed E-state index contributed by atoms with van der Waals surface area (Å²) in [7, 11) is 0. The number of anilines is 1. The van der Waals surface area contributed by atoms with E-state index < -0.39 is 0 Å². The van der Waals surface area contributed by atoms with Gasteiger partial charge in [0.05, 0.1) is 16.6 Å². The first-order chi connectivity index (χ1) is 11.6. The lowest BCUT2D eigenvalue weighted by atomic mass is 10.1. The number of rotatable bonds is 5. The Morgan fingerprint density at radius 3 is 2.17 bits per heavy atom. The third kappa shape index (κ3) is 3.92. The van der Waals surface area contributed by atoms with Crippen molar-refractivity contribution >= 4 is 17.4 Å². The van der Waals surface area contributed by atoms with Gasteiger partial charge in [-0.15, -0.1) is 11.8 Å². The van der Waals surface area contributed by atoms with Crippen molar-refractivity contribution in [3.8, 4) is 0 Å². The van der Waals surface area contributed by atoms with E-state index in [1.54, 1.807) is 54.4 Å². The second-order valence-corrected chi connectivity index (χ2v) is 6.44. The third-order valence-corrected chi connectivity index (χ3v) is 4.95. The quantitative estimate of drug-likeness (QED) is 0.712. The molecule has 0 spiro atoms. The Morgan fingerprint density at radius 2 is 1.54 bits per heavy atom. The molecule has 24 heavy (non-hydrogen) atoms. The molecule has 2 nitrogen and oxygen atoms in total. The second kappa shape index (κ2) is 7.45. The largest absolute Gasteiger partial charge is 0.397 e. The second-order valence-electron chi connectivity index (χ2n) is 5.35. The number of halogens is 2. The molecule has 0 aliphatic carbocycles. The Morgan fingerprint density at radius 1 is 0.917 bits per heavy atom. The van der Waals surface area contributed by atoms with E-state index >= 15 is 0 Å². The molecule has 122 valence electrons. The SMILES string of the molecule is Nc1cccnc1C(SCc1ccc(F)cc1)c1ccc(F)cc1. The van der Waals surface area contributed by atoms with Crippen LogP contribution in [0.2, 0.25) is 0 Å². The van der Waals surface area contributed by atoms with Crippen LogP contribution in [0.1, 0.15) is 22.1 Å². The van der Waals surface area contributed by atoms with Crippen molar-refractivity contribution in [3.05, 3.63) is 95.3 Å². The molecule has 3 rings (SSSR count). The van der Waals surface area contributed by atoms with Crippen LogP contribution in [0.4, 0.5) is 14.5 Å². The molecule has 0 bridgehead atoms. The maximum atomic E-state index is 13.2. The molecule has 0 saturated heterocycles. The smallest absolute Gasteiger partial charge is 0.123 e. The van der Waals surface area contributed by atoms with Crippen LogP contribution < -0.4 is 5.73 Å². The minimum Gasteiger partial charge on any atom is -0.397 e. The average Bonchev–Trinajstić information content (AvgIpc) is 2.59. The highest BCUT2D eigenvalue weighted by atomic mass is 32.2. The molecule has 0 fully saturated rings. The summed E-state index contributed by atoms with van der Waals surface area (Å²) in [6.07, 6.45) is 1.70. The van der Waals surface area contributed by atoms with Gasteiger partial charge in [-0.05, 0) is 47.5 Å². The Bertz CT molecular complexity index is 804. The molecular weight excluding hydrogens is 326 g/mol. The normalized spacial score (nSPS) is 12.1. The van der Waals surface area contributed by atoms with Crippen LogP contribution in [0.3, 0.4) is 0 Å². The van der Waals surface area contributed by atoms with Gasteiger partial charge in [0.25, 0.3) is 0 Å². The lowest BCUT2D eigenvalue weighted by Gasteiger charge is -2.18. The monoisotopic (exact) mass is 342 g/mol. The summed E-state index contributed by atoms with van der Waals surface area (Å²) >= 11 is 1.62. The molecule has 0 amide bonds. The Balaban J connectivity index is 1.88. The van der Waals surface area contributed by atoms with Crippen LogP contribution in [0.5, 0.6) is 0 Å². The van der Waals surface area contributed by atoms with Crippen molar-refractivity contribution in [2.45, 2.75) is 11.0 Å². The molecule has 0 aliphatic rings. The summed E-state index contributed by atoms with van der Waals surface area (Å²) in [5, 5.41) is -0.128. The highest BCUT2D eigenvalue weighted by molar-refractivity contribution is 7.98. The van der Waals surface area contributed by atoms with E-state index in [1.807, 2.05) is 0 Å². The first-order valence-electron chi connectivity index (χ1n) is 7.45. The fraction of sp³-hybridized carbons (Fsp3) is 0.105. The van der Waals surface area contributed by atoms with Crippen LogP contribution in [0, 0.1) is 11.6 Å². The molecule has 2 aromatic carbocycles. The summed E-state index contributed by atoms with van der Waals surface area (Å²) in [5.74, 6) is 0.126. The van der Waals surface area contributed by atoms with E-state index in [4.69, 9.17) is 5.73 Å². The maximum absolute atomic E-state index is 13.2. The van der Waals surface area contributed by atoms with E-state index in [-0.39, 0.29) is 16.9 Å². The third-order valence-electron chi connectivity index (χ3n) is 3.62. The number of benzene rings is 2. The van der Waals surface area contributed by atoms with E-state index in [0.717, 1.165) is 16.8 Å². The fourth-order valence-electron chi connectivity index (χ4n) is 2.38. The predicted octanol–water partition coefficient (Wildman–Crippen LogP) is 4.96. The highest BCUT2D eigenvalue weighted by Gasteiger charge is 2.19. The van der Waals surface area contributed by atoms with Gasteiger partial charge >= 0.3 is 0 Å². The Hall–Kier alpha value is -2.40. The zero-order valence-electron chi connectivity index (χ0n) is 12.8. The van der Waals surface area contributed by atoms with Gasteiger partial charge in [0.1, 0.15) is 11.6 Å². The molecular formula is C19H16F2N2S. The highest BCUT2D eigenvalue weighted by Crippen LogP contribution is 2.38. The molecule has 1 unspecified atom stereocenters. The van der Waals surface area contributed by atoms with Gasteiger partial charge in [-0.3, -0.25) is 4.98 Å². The number of nitrogens with zero attached hydrogens (tertiary/aromatic N) is 1. The number of hydrogen-bond acceptors (Lipinski definition) is 3. The van der Waals surface area contributed by atoms with E-state index in [9.17, 15) is 8.78 Å². The van der Waals surface area contributed by atoms with Crippen molar-refractivity contribution < 1.29 is 8.78 Å². The fourth-order valence-corrected chi connectivity index (χ4v) is 3.64. The average molecular weight is 342 g/mol. The van der Waals surface area contributed by atoms with Crippen molar-refractivity contribution in [2.24, 2.45) is 0 Å². The minimum atomic E-state index is -0.282.